The van der Waals surface area contributed by atoms with Crippen LogP contribution in [0.2, 0.25) is 17.1 Å². The van der Waals surface area contributed by atoms with Crippen LogP contribution in [0.15, 0.2) is 58.8 Å². The number of ether oxygens (including phenoxy) is 2. The fourth-order valence-electron chi connectivity index (χ4n) is 4.35. The van der Waals surface area contributed by atoms with Crippen molar-refractivity contribution in [1.82, 2.24) is 25.3 Å². The lowest BCUT2D eigenvalue weighted by molar-refractivity contribution is -0.385. The molecule has 2 heterocycles. The van der Waals surface area contributed by atoms with Crippen molar-refractivity contribution in [1.29, 1.82) is 11.9 Å². The first-order valence-corrected chi connectivity index (χ1v) is 20.3. The van der Waals surface area contributed by atoms with Crippen LogP contribution in [0.25, 0.3) is 0 Å². The zero-order chi connectivity index (χ0) is 48.5. The molecule has 4 rings (SSSR count). The Bertz CT molecular complexity index is 2150. The first-order valence-electron chi connectivity index (χ1n) is 17.7. The lowest BCUT2D eigenvalue weighted by Gasteiger charge is -2.23. The predicted octanol–water partition coefficient (Wildman–Crippen LogP) is 5.82. The number of nitrogen functional groups attached to an aromatic ring is 1. The molecule has 336 valence electrons. The first kappa shape index (κ1) is 62.7. The second-order valence-corrected chi connectivity index (χ2v) is 12.9. The van der Waals surface area contributed by atoms with Crippen LogP contribution >= 0.6 is 46.7 Å². The third-order valence-electron chi connectivity index (χ3n) is 6.69. The standard InChI is InChI=1S/C17H18N6O4S.C12H14N2O2.C5H3Cl2N3O2S.CH3B.2CH4.B2.BH/c1-3-27-13(24)10-22(9-12-6-4-5-11(7-12)8-18)16-14(23(25)26)15(19)20-17(21-16)28-2;1-2-16-12(15)9-14-8-11-5-3-4-10(6-11)7-13;1-13-5-8-3(6)2(10(11)12)4(7)9-5;1-2;;;1-2;/h4-7H,3,9-10H2,1-2H3,(H2,19,20,21);3-6,14H,2,8-9H2,1H3;1H3;1H3;2*1H4;;1H/i;;;;;;;1D. The molecule has 0 saturated heterocycles. The number of aromatic nitrogens is 4. The van der Waals surface area contributed by atoms with E-state index >= 15 is 0 Å². The summed E-state index contributed by atoms with van der Waals surface area (Å²) in [5.41, 5.74) is 7.52. The lowest BCUT2D eigenvalue weighted by Crippen LogP contribution is -2.32. The number of esters is 2. The number of nitrogens with two attached hydrogens (primary N) is 1. The largest absolute Gasteiger partial charge is 0.465 e. The molecule has 2 aromatic heterocycles. The molecule has 0 saturated carbocycles. The minimum Gasteiger partial charge on any atom is -0.465 e. The lowest BCUT2D eigenvalue weighted by atomic mass is 9.81. The van der Waals surface area contributed by atoms with Gasteiger partial charge in [-0.2, -0.15) is 20.5 Å². The van der Waals surface area contributed by atoms with Gasteiger partial charge < -0.3 is 25.4 Å². The quantitative estimate of drug-likeness (QED) is 0.0270. The fraction of sp³-hybridized carbons (Fsp3) is 0.351. The van der Waals surface area contributed by atoms with Gasteiger partial charge in [0, 0.05) is 36.9 Å². The number of hydrogen-bond donors (Lipinski definition) is 2. The van der Waals surface area contributed by atoms with Crippen molar-refractivity contribution in [3.05, 3.63) is 101 Å². The number of benzene rings is 2. The number of nitrogens with zero attached hydrogens (tertiary/aromatic N) is 9. The summed E-state index contributed by atoms with van der Waals surface area (Å²) in [6.07, 6.45) is 3.42. The van der Waals surface area contributed by atoms with Gasteiger partial charge in [-0.25, -0.2) is 9.97 Å². The molecule has 0 atom stereocenters. The average Bonchev–Trinajstić information content (AvgIpc) is 3.28. The number of carbonyl (C=O) groups is 2. The zero-order valence-electron chi connectivity index (χ0n) is 35.1. The molecule has 4 aromatic rings. The van der Waals surface area contributed by atoms with Gasteiger partial charge in [0.05, 0.1) is 60.7 Å². The van der Waals surface area contributed by atoms with E-state index < -0.39 is 27.2 Å². The Kier molecular flexibility index (Phi) is 36.1. The van der Waals surface area contributed by atoms with E-state index in [0.717, 1.165) is 5.56 Å². The number of nitriles is 2. The third kappa shape index (κ3) is 23.2. The van der Waals surface area contributed by atoms with E-state index in [-0.39, 0.29) is 74.2 Å². The minimum absolute atomic E-state index is 0. The van der Waals surface area contributed by atoms with Crippen LogP contribution in [0.4, 0.5) is 23.0 Å². The Morgan fingerprint density at radius 1 is 0.859 bits per heavy atom. The summed E-state index contributed by atoms with van der Waals surface area (Å²) in [6.45, 7) is 6.03. The van der Waals surface area contributed by atoms with Gasteiger partial charge in [0.15, 0.2) is 10.3 Å². The maximum Gasteiger partial charge on any atom is 0.353 e. The van der Waals surface area contributed by atoms with E-state index in [2.05, 4.69) is 63.0 Å². The van der Waals surface area contributed by atoms with Crippen molar-refractivity contribution in [3.8, 4) is 12.1 Å². The van der Waals surface area contributed by atoms with E-state index in [0.29, 0.717) is 35.0 Å². The van der Waals surface area contributed by atoms with Crippen LogP contribution in [0.3, 0.4) is 0 Å². The van der Waals surface area contributed by atoms with Crippen molar-refractivity contribution in [2.45, 2.75) is 58.9 Å². The van der Waals surface area contributed by atoms with Crippen LogP contribution in [0.1, 0.15) is 51.0 Å². The predicted molar refractivity (Wildman–Crippen MR) is 257 cm³/mol. The van der Waals surface area contributed by atoms with Crippen LogP contribution < -0.4 is 16.0 Å². The van der Waals surface area contributed by atoms with E-state index in [4.69, 9.17) is 50.3 Å². The summed E-state index contributed by atoms with van der Waals surface area (Å²) >= 11 is 13.4. The van der Waals surface area contributed by atoms with Gasteiger partial charge in [-0.05, 0) is 63.1 Å². The molecule has 0 spiro atoms. The summed E-state index contributed by atoms with van der Waals surface area (Å²) < 4.78 is 15.0. The number of rotatable bonds is 15. The number of hydrogen-bond acceptors (Lipinski definition) is 19. The zero-order valence-corrected chi connectivity index (χ0v) is 37.3. The summed E-state index contributed by atoms with van der Waals surface area (Å²) in [7, 11) is 16.2. The van der Waals surface area contributed by atoms with Gasteiger partial charge in [0.1, 0.15) is 6.54 Å². The Labute approximate surface area is 399 Å². The molecule has 0 bridgehead atoms. The molecule has 8 radical (unpaired) electrons. The third-order valence-corrected chi connectivity index (χ3v) is 8.32. The number of anilines is 2. The van der Waals surface area contributed by atoms with Crippen molar-refractivity contribution in [3.63, 3.8) is 0 Å². The Morgan fingerprint density at radius 3 is 1.77 bits per heavy atom. The number of nitro groups is 2. The van der Waals surface area contributed by atoms with Crippen LogP contribution in [0, 0.1) is 42.9 Å². The van der Waals surface area contributed by atoms with Gasteiger partial charge >= 0.3 is 23.3 Å². The molecule has 64 heavy (non-hydrogen) atoms. The van der Waals surface area contributed by atoms with Gasteiger partial charge in [-0.1, -0.05) is 92.7 Å². The highest BCUT2D eigenvalue weighted by molar-refractivity contribution is 7.98. The molecule has 19 nitrogen and oxygen atoms in total. The Morgan fingerprint density at radius 2 is 1.31 bits per heavy atom. The molecule has 0 aliphatic heterocycles. The molecular weight excluding hydrogens is 905 g/mol. The van der Waals surface area contributed by atoms with E-state index in [1.807, 2.05) is 18.2 Å². The maximum atomic E-state index is 12.1. The van der Waals surface area contributed by atoms with Crippen molar-refractivity contribution < 1.29 is 28.9 Å². The smallest absolute Gasteiger partial charge is 0.353 e. The highest BCUT2D eigenvalue weighted by Gasteiger charge is 2.29. The highest BCUT2D eigenvalue weighted by Crippen LogP contribution is 2.34. The number of halogens is 2. The molecule has 3 N–H and O–H groups in total. The molecule has 0 aliphatic rings. The molecule has 0 unspecified atom stereocenters. The van der Waals surface area contributed by atoms with Crippen molar-refractivity contribution >= 4 is 113 Å². The van der Waals surface area contributed by atoms with Crippen molar-refractivity contribution in [2.24, 2.45) is 0 Å². The molecule has 27 heteroatoms. The molecule has 0 fully saturated rings. The van der Waals surface area contributed by atoms with Gasteiger partial charge in [0.25, 0.3) is 0 Å². The average molecular weight is 953 g/mol. The fourth-order valence-corrected chi connectivity index (χ4v) is 5.71. The van der Waals surface area contributed by atoms with E-state index in [9.17, 15) is 29.8 Å². The molecular formula is C37H47B4Cl2N11O8S2. The first-order chi connectivity index (χ1) is 30.2. The Balaban J connectivity index is -0.000000429. The SMILES string of the molecule is C.C.CCOC(=O)CN(Cc1cccc(C#N)c1)c1nc(SC)nc(N)c1[N+](=O)[O-].CCOC(=O)CNCc1cccc(C#N)c1.CSc1nc(Cl)c([N+](=O)[O-])c(Cl)n1.[2H][B].[B]C.[B][B]. The van der Waals surface area contributed by atoms with E-state index in [1.54, 1.807) is 62.8 Å². The Hall–Kier alpha value is -5.58. The van der Waals surface area contributed by atoms with Gasteiger partial charge in [-0.3, -0.25) is 29.8 Å². The van der Waals surface area contributed by atoms with Gasteiger partial charge in [0.2, 0.25) is 21.9 Å². The van der Waals surface area contributed by atoms with Crippen molar-refractivity contribution in [2.75, 3.05) is 49.4 Å². The second kappa shape index (κ2) is 36.9. The number of carbonyl (C=O) groups excluding carboxylic acids is 2. The van der Waals surface area contributed by atoms with E-state index in [1.165, 1.54) is 35.2 Å². The normalized spacial score (nSPS) is 9.11. The van der Waals surface area contributed by atoms with Crippen LogP contribution in [0.5, 0.6) is 0 Å². The second-order valence-electron chi connectivity index (χ2n) is 10.6. The molecule has 0 amide bonds. The topological polar surface area (TPSA) is 279 Å². The van der Waals surface area contributed by atoms with Crippen LogP contribution in [-0.4, -0.2) is 114 Å². The molecule has 0 aliphatic carbocycles. The number of nitrogens with one attached hydrogen (secondary N) is 1. The monoisotopic (exact) mass is 952 g/mol. The highest BCUT2D eigenvalue weighted by atomic mass is 35.5. The summed E-state index contributed by atoms with van der Waals surface area (Å²) in [6, 6.07) is 18.0. The van der Waals surface area contributed by atoms with Gasteiger partial charge in [-0.15, -0.1) is 0 Å². The number of thioether (sulfide) groups is 2. The summed E-state index contributed by atoms with van der Waals surface area (Å²) in [5, 5.41) is 42.8. The maximum absolute atomic E-state index is 12.1. The summed E-state index contributed by atoms with van der Waals surface area (Å²) in [4.78, 5) is 60.5. The van der Waals surface area contributed by atoms with Crippen LogP contribution in [-0.2, 0) is 32.2 Å². The molecule has 2 aromatic carbocycles. The summed E-state index contributed by atoms with van der Waals surface area (Å²) in [5.74, 6) is -1.22. The minimum atomic E-state index is -0.714.